The lowest BCUT2D eigenvalue weighted by atomic mass is 10.1. The smallest absolute Gasteiger partial charge is 0.265 e. The van der Waals surface area contributed by atoms with Crippen LogP contribution in [0.1, 0.15) is 37.7 Å². The first kappa shape index (κ1) is 20.2. The predicted molar refractivity (Wildman–Crippen MR) is 104 cm³/mol. The first-order valence-corrected chi connectivity index (χ1v) is 10.1. The average molecular weight is 408 g/mol. The van der Waals surface area contributed by atoms with Gasteiger partial charge in [-0.1, -0.05) is 0 Å². The van der Waals surface area contributed by atoms with E-state index in [9.17, 15) is 18.4 Å². The Morgan fingerprint density at radius 2 is 1.97 bits per heavy atom. The van der Waals surface area contributed by atoms with Gasteiger partial charge in [0.05, 0.1) is 6.61 Å². The maximum absolute atomic E-state index is 13.7. The predicted octanol–water partition coefficient (Wildman–Crippen LogP) is 1.88. The highest BCUT2D eigenvalue weighted by Crippen LogP contribution is 2.39. The molecule has 1 heterocycles. The minimum Gasteiger partial charge on any atom is -0.370 e. The number of nitrogens with one attached hydrogen (secondary N) is 1. The molecule has 0 aromatic heterocycles. The lowest BCUT2D eigenvalue weighted by Crippen LogP contribution is -2.50. The normalized spacial score (nSPS) is 21.0. The molecule has 1 atom stereocenters. The number of benzene rings is 1. The fourth-order valence-electron chi connectivity index (χ4n) is 3.94. The number of anilines is 2. The number of nitrogens with zero attached hydrogens (tertiary/aromatic N) is 2. The van der Waals surface area contributed by atoms with Crippen molar-refractivity contribution in [3.05, 3.63) is 23.8 Å². The van der Waals surface area contributed by atoms with Crippen LogP contribution in [0.5, 0.6) is 0 Å². The van der Waals surface area contributed by atoms with Gasteiger partial charge in [-0.15, -0.1) is 0 Å². The summed E-state index contributed by atoms with van der Waals surface area (Å²) in [4.78, 5) is 28.5. The molecule has 158 valence electrons. The van der Waals surface area contributed by atoms with Gasteiger partial charge in [-0.3, -0.25) is 14.5 Å². The maximum Gasteiger partial charge on any atom is 0.265 e. The summed E-state index contributed by atoms with van der Waals surface area (Å²) in [7, 11) is 0. The van der Waals surface area contributed by atoms with Crippen molar-refractivity contribution in [3.8, 4) is 0 Å². The summed E-state index contributed by atoms with van der Waals surface area (Å²) in [6.07, 6.45) is 1.39. The van der Waals surface area contributed by atoms with Crippen molar-refractivity contribution in [1.82, 2.24) is 4.90 Å². The Morgan fingerprint density at radius 3 is 2.52 bits per heavy atom. The molecule has 9 heteroatoms. The van der Waals surface area contributed by atoms with E-state index in [1.54, 1.807) is 6.07 Å². The highest BCUT2D eigenvalue weighted by Gasteiger charge is 2.44. The molecule has 1 saturated heterocycles. The molecule has 7 nitrogen and oxygen atoms in total. The molecular weight excluding hydrogens is 382 g/mol. The van der Waals surface area contributed by atoms with Crippen LogP contribution in [0.15, 0.2) is 18.2 Å². The van der Waals surface area contributed by atoms with Crippen LogP contribution >= 0.6 is 0 Å². The zero-order valence-electron chi connectivity index (χ0n) is 16.2. The first-order valence-electron chi connectivity index (χ1n) is 10.1. The van der Waals surface area contributed by atoms with E-state index in [-0.39, 0.29) is 36.2 Å². The van der Waals surface area contributed by atoms with Gasteiger partial charge in [0.25, 0.3) is 12.3 Å². The molecule has 29 heavy (non-hydrogen) atoms. The largest absolute Gasteiger partial charge is 0.370 e. The number of amides is 2. The fraction of sp³-hybridized carbons (Fsp3) is 0.600. The third-order valence-electron chi connectivity index (χ3n) is 5.65. The zero-order chi connectivity index (χ0) is 20.5. The van der Waals surface area contributed by atoms with Crippen molar-refractivity contribution in [1.29, 1.82) is 0 Å². The van der Waals surface area contributed by atoms with E-state index in [4.69, 9.17) is 10.5 Å². The topological polar surface area (TPSA) is 87.9 Å². The molecule has 4 rings (SSSR count). The number of hydrogen-bond donors (Lipinski definition) is 2. The number of halogens is 2. The molecule has 0 spiro atoms. The Balaban J connectivity index is 1.53. The summed E-state index contributed by atoms with van der Waals surface area (Å²) < 4.78 is 32.5. The Bertz CT molecular complexity index is 771. The van der Waals surface area contributed by atoms with Crippen molar-refractivity contribution < 1.29 is 23.1 Å². The Hall–Kier alpha value is -2.10. The molecule has 2 saturated carbocycles. The molecule has 2 amide bonds. The van der Waals surface area contributed by atoms with Crippen LogP contribution in [0, 0.1) is 0 Å². The van der Waals surface area contributed by atoms with E-state index >= 15 is 0 Å². The van der Waals surface area contributed by atoms with Gasteiger partial charge >= 0.3 is 0 Å². The first-order chi connectivity index (χ1) is 14.0. The van der Waals surface area contributed by atoms with Gasteiger partial charge in [0.2, 0.25) is 5.91 Å². The molecule has 1 aliphatic heterocycles. The van der Waals surface area contributed by atoms with Crippen LogP contribution in [-0.4, -0.2) is 61.1 Å². The minimum atomic E-state index is -2.79. The molecule has 1 aromatic rings. The van der Waals surface area contributed by atoms with Gasteiger partial charge < -0.3 is 20.7 Å². The van der Waals surface area contributed by atoms with Crippen LogP contribution in [0.25, 0.3) is 0 Å². The van der Waals surface area contributed by atoms with E-state index < -0.39 is 12.5 Å². The molecule has 3 N–H and O–H groups in total. The third kappa shape index (κ3) is 4.41. The number of carbonyl (C=O) groups excluding carboxylic acids is 2. The summed E-state index contributed by atoms with van der Waals surface area (Å²) in [5, 5.41) is 2.66. The fourth-order valence-corrected chi connectivity index (χ4v) is 3.94. The number of hydrogen-bond acceptors (Lipinski definition) is 5. The van der Waals surface area contributed by atoms with E-state index in [0.29, 0.717) is 30.9 Å². The van der Waals surface area contributed by atoms with E-state index in [2.05, 4.69) is 10.2 Å². The standard InChI is InChI=1S/C20H26F2N4O3/c21-19(22)15-9-14(25-7-8-29-11-18(25)27)5-6-16(15)24-20(28)17(10-23)26(12-1-2-12)13-3-4-13/h5-6,9,12-13,17,19H,1-4,7-8,10-11,23H2,(H,24,28)/t17-/m0/s1. The summed E-state index contributed by atoms with van der Waals surface area (Å²) in [6, 6.07) is 4.48. The van der Waals surface area contributed by atoms with E-state index in [1.807, 2.05) is 0 Å². The van der Waals surface area contributed by atoms with Gasteiger partial charge in [-0.25, -0.2) is 8.78 Å². The van der Waals surface area contributed by atoms with Crippen molar-refractivity contribution in [3.63, 3.8) is 0 Å². The van der Waals surface area contributed by atoms with E-state index in [1.165, 1.54) is 17.0 Å². The molecule has 3 fully saturated rings. The van der Waals surface area contributed by atoms with Gasteiger partial charge in [-0.2, -0.15) is 0 Å². The average Bonchev–Trinajstić information content (AvgIpc) is 3.61. The van der Waals surface area contributed by atoms with Crippen LogP contribution in [-0.2, 0) is 14.3 Å². The quantitative estimate of drug-likeness (QED) is 0.686. The summed E-state index contributed by atoms with van der Waals surface area (Å²) in [5.74, 6) is -0.635. The second-order valence-corrected chi connectivity index (χ2v) is 7.82. The molecule has 0 radical (unpaired) electrons. The molecule has 3 aliphatic rings. The number of rotatable bonds is 8. The van der Waals surface area contributed by atoms with Gasteiger partial charge in [0.1, 0.15) is 12.6 Å². The Labute approximate surface area is 168 Å². The van der Waals surface area contributed by atoms with Gasteiger partial charge in [-0.05, 0) is 43.9 Å². The molecule has 2 aliphatic carbocycles. The summed E-state index contributed by atoms with van der Waals surface area (Å²) >= 11 is 0. The van der Waals surface area contributed by atoms with Crippen LogP contribution in [0.2, 0.25) is 0 Å². The zero-order valence-corrected chi connectivity index (χ0v) is 16.2. The van der Waals surface area contributed by atoms with Gasteiger partial charge in [0.15, 0.2) is 0 Å². The highest BCUT2D eigenvalue weighted by molar-refractivity contribution is 5.98. The Kier molecular flexibility index (Phi) is 5.80. The molecule has 0 bridgehead atoms. The number of morpholine rings is 1. The number of alkyl halides is 2. The number of ether oxygens (including phenoxy) is 1. The Morgan fingerprint density at radius 1 is 1.28 bits per heavy atom. The van der Waals surface area contributed by atoms with Crippen molar-refractivity contribution in [2.75, 3.05) is 36.5 Å². The second kappa shape index (κ2) is 8.33. The van der Waals surface area contributed by atoms with Crippen molar-refractivity contribution in [2.24, 2.45) is 5.73 Å². The molecule has 0 unspecified atom stereocenters. The van der Waals surface area contributed by atoms with Gasteiger partial charge in [0, 0.05) is 42.1 Å². The third-order valence-corrected chi connectivity index (χ3v) is 5.65. The van der Waals surface area contributed by atoms with Crippen LogP contribution < -0.4 is 16.0 Å². The maximum atomic E-state index is 13.7. The summed E-state index contributed by atoms with van der Waals surface area (Å²) in [6.45, 7) is 0.729. The highest BCUT2D eigenvalue weighted by atomic mass is 19.3. The molecule has 1 aromatic carbocycles. The van der Waals surface area contributed by atoms with E-state index in [0.717, 1.165) is 25.7 Å². The summed E-state index contributed by atoms with van der Waals surface area (Å²) in [5.41, 5.74) is 6.01. The monoisotopic (exact) mass is 408 g/mol. The number of carbonyl (C=O) groups is 2. The lowest BCUT2D eigenvalue weighted by molar-refractivity contribution is -0.125. The number of nitrogens with two attached hydrogens (primary N) is 1. The van der Waals surface area contributed by atoms with Crippen molar-refractivity contribution in [2.45, 2.75) is 50.2 Å². The SMILES string of the molecule is NC[C@@H](C(=O)Nc1ccc(N2CCOCC2=O)cc1C(F)F)N(C1CC1)C1CC1. The van der Waals surface area contributed by atoms with Crippen LogP contribution in [0.4, 0.5) is 20.2 Å². The van der Waals surface area contributed by atoms with Crippen LogP contribution in [0.3, 0.4) is 0 Å². The molecular formula is C20H26F2N4O3. The van der Waals surface area contributed by atoms with Crippen molar-refractivity contribution >= 4 is 23.2 Å². The lowest BCUT2D eigenvalue weighted by Gasteiger charge is -2.30. The second-order valence-electron chi connectivity index (χ2n) is 7.82. The minimum absolute atomic E-state index is 0.0550.